The van der Waals surface area contributed by atoms with Crippen LogP contribution in [0, 0.1) is 10.1 Å². The van der Waals surface area contributed by atoms with Gasteiger partial charge >= 0.3 is 5.69 Å². The third-order valence-corrected chi connectivity index (χ3v) is 2.81. The lowest BCUT2D eigenvalue weighted by Gasteiger charge is -2.16. The number of nitro groups is 1. The molecule has 0 spiro atoms. The van der Waals surface area contributed by atoms with E-state index in [1.165, 1.54) is 6.07 Å². The summed E-state index contributed by atoms with van der Waals surface area (Å²) >= 11 is 0. The van der Waals surface area contributed by atoms with E-state index in [9.17, 15) is 10.1 Å². The number of nitrogens with one attached hydrogen (secondary N) is 1. The quantitative estimate of drug-likeness (QED) is 0.629. The van der Waals surface area contributed by atoms with Crippen molar-refractivity contribution in [3.8, 4) is 0 Å². The topological polar surface area (TPSA) is 103 Å². The highest BCUT2D eigenvalue weighted by atomic mass is 16.6. The molecule has 19 heavy (non-hydrogen) atoms. The number of benzene rings is 1. The highest BCUT2D eigenvalue weighted by molar-refractivity contribution is 5.93. The van der Waals surface area contributed by atoms with Crippen LogP contribution in [0.3, 0.4) is 0 Å². The van der Waals surface area contributed by atoms with Gasteiger partial charge in [0, 0.05) is 19.2 Å². The van der Waals surface area contributed by atoms with Gasteiger partial charge in [-0.05, 0) is 22.8 Å². The maximum Gasteiger partial charge on any atom is 0.300 e. The Bertz CT molecular complexity index is 583. The highest BCUT2D eigenvalue weighted by Crippen LogP contribution is 2.29. The zero-order valence-corrected chi connectivity index (χ0v) is 10.6. The zero-order chi connectivity index (χ0) is 13.8. The van der Waals surface area contributed by atoms with Crippen LogP contribution in [0.5, 0.6) is 0 Å². The first kappa shape index (κ1) is 13.2. The maximum atomic E-state index is 10.9. The van der Waals surface area contributed by atoms with Crippen molar-refractivity contribution in [3.63, 3.8) is 0 Å². The molecule has 102 valence electrons. The van der Waals surface area contributed by atoms with Gasteiger partial charge in [0.25, 0.3) is 0 Å². The summed E-state index contributed by atoms with van der Waals surface area (Å²) < 4.78 is 9.69. The van der Waals surface area contributed by atoms with Crippen molar-refractivity contribution in [1.29, 1.82) is 0 Å². The third kappa shape index (κ3) is 2.63. The van der Waals surface area contributed by atoms with Crippen molar-refractivity contribution in [2.24, 2.45) is 0 Å². The fourth-order valence-corrected chi connectivity index (χ4v) is 1.80. The van der Waals surface area contributed by atoms with Crippen LogP contribution in [-0.2, 0) is 4.74 Å². The van der Waals surface area contributed by atoms with E-state index in [0.717, 1.165) is 6.42 Å². The molecular formula is C11H14N4O4. The fourth-order valence-electron chi connectivity index (χ4n) is 1.80. The second-order valence-corrected chi connectivity index (χ2v) is 4.06. The van der Waals surface area contributed by atoms with Gasteiger partial charge in [-0.1, -0.05) is 6.92 Å². The fraction of sp³-hybridized carbons (Fsp3) is 0.455. The minimum absolute atomic E-state index is 0.0892. The number of anilines is 1. The molecule has 8 nitrogen and oxygen atoms in total. The van der Waals surface area contributed by atoms with E-state index in [1.54, 1.807) is 13.2 Å². The van der Waals surface area contributed by atoms with Crippen LogP contribution < -0.4 is 5.32 Å². The van der Waals surface area contributed by atoms with E-state index in [-0.39, 0.29) is 17.2 Å². The van der Waals surface area contributed by atoms with E-state index in [0.29, 0.717) is 17.8 Å². The van der Waals surface area contributed by atoms with Gasteiger partial charge in [0.1, 0.15) is 0 Å². The smallest absolute Gasteiger partial charge is 0.300 e. The molecule has 2 rings (SSSR count). The van der Waals surface area contributed by atoms with Crippen molar-refractivity contribution in [1.82, 2.24) is 10.3 Å². The Kier molecular flexibility index (Phi) is 3.91. The minimum atomic E-state index is -0.511. The number of hydrogen-bond acceptors (Lipinski definition) is 7. The Morgan fingerprint density at radius 2 is 2.21 bits per heavy atom. The van der Waals surface area contributed by atoms with Gasteiger partial charge in [-0.15, -0.1) is 0 Å². The number of rotatable bonds is 6. The molecule has 1 atom stereocenters. The summed E-state index contributed by atoms with van der Waals surface area (Å²) in [7, 11) is 1.62. The summed E-state index contributed by atoms with van der Waals surface area (Å²) in [6.45, 7) is 2.54. The zero-order valence-electron chi connectivity index (χ0n) is 10.6. The molecule has 0 amide bonds. The molecule has 0 aliphatic rings. The molecule has 0 saturated carbocycles. The van der Waals surface area contributed by atoms with Gasteiger partial charge in [-0.3, -0.25) is 10.1 Å². The van der Waals surface area contributed by atoms with Gasteiger partial charge in [0.2, 0.25) is 5.52 Å². The van der Waals surface area contributed by atoms with E-state index < -0.39 is 4.92 Å². The monoisotopic (exact) mass is 266 g/mol. The predicted molar refractivity (Wildman–Crippen MR) is 68.0 cm³/mol. The number of methoxy groups -OCH3 is 1. The lowest BCUT2D eigenvalue weighted by atomic mass is 10.2. The number of non-ortho nitro benzene ring substituents is 1. The molecule has 0 aliphatic heterocycles. The van der Waals surface area contributed by atoms with E-state index in [4.69, 9.17) is 4.74 Å². The lowest BCUT2D eigenvalue weighted by Crippen LogP contribution is -2.24. The Morgan fingerprint density at radius 3 is 2.84 bits per heavy atom. The molecule has 2 aromatic rings. The first-order valence-electron chi connectivity index (χ1n) is 5.82. The standard InChI is InChI=1S/C11H14N4O4/c1-3-7(6-18-2)12-8-4-5-9(15(16)17)11-10(8)13-19-14-11/h4-5,7,12H,3,6H2,1-2H3. The molecule has 0 fully saturated rings. The van der Waals surface area contributed by atoms with Crippen LogP contribution in [0.2, 0.25) is 0 Å². The average molecular weight is 266 g/mol. The predicted octanol–water partition coefficient (Wildman–Crippen LogP) is 1.97. The molecule has 0 radical (unpaired) electrons. The van der Waals surface area contributed by atoms with Crippen LogP contribution in [0.15, 0.2) is 16.8 Å². The number of ether oxygens (including phenoxy) is 1. The van der Waals surface area contributed by atoms with Gasteiger partial charge in [-0.25, -0.2) is 4.63 Å². The van der Waals surface area contributed by atoms with Crippen molar-refractivity contribution >= 4 is 22.4 Å². The van der Waals surface area contributed by atoms with E-state index in [1.807, 2.05) is 6.92 Å². The Hall–Kier alpha value is -2.22. The van der Waals surface area contributed by atoms with Gasteiger partial charge in [0.15, 0.2) is 5.52 Å². The minimum Gasteiger partial charge on any atom is -0.383 e. The van der Waals surface area contributed by atoms with Crippen LogP contribution in [0.25, 0.3) is 11.0 Å². The molecular weight excluding hydrogens is 252 g/mol. The van der Waals surface area contributed by atoms with Gasteiger partial charge in [-0.2, -0.15) is 0 Å². The van der Waals surface area contributed by atoms with Gasteiger partial charge < -0.3 is 10.1 Å². The van der Waals surface area contributed by atoms with Crippen LogP contribution in [0.4, 0.5) is 11.4 Å². The maximum absolute atomic E-state index is 10.9. The highest BCUT2D eigenvalue weighted by Gasteiger charge is 2.20. The summed E-state index contributed by atoms with van der Waals surface area (Å²) in [5.74, 6) is 0. The van der Waals surface area contributed by atoms with Crippen molar-refractivity contribution < 1.29 is 14.3 Å². The van der Waals surface area contributed by atoms with Crippen molar-refractivity contribution in [2.45, 2.75) is 19.4 Å². The van der Waals surface area contributed by atoms with Crippen LogP contribution in [0.1, 0.15) is 13.3 Å². The molecule has 0 saturated heterocycles. The van der Waals surface area contributed by atoms with E-state index in [2.05, 4.69) is 20.3 Å². The van der Waals surface area contributed by atoms with Gasteiger partial charge in [0.05, 0.1) is 17.2 Å². The molecule has 0 bridgehead atoms. The second-order valence-electron chi connectivity index (χ2n) is 4.06. The lowest BCUT2D eigenvalue weighted by molar-refractivity contribution is -0.383. The summed E-state index contributed by atoms with van der Waals surface area (Å²) in [5, 5.41) is 21.4. The second kappa shape index (κ2) is 5.61. The first-order valence-corrected chi connectivity index (χ1v) is 5.82. The average Bonchev–Trinajstić information content (AvgIpc) is 2.87. The van der Waals surface area contributed by atoms with Crippen molar-refractivity contribution in [2.75, 3.05) is 19.0 Å². The summed E-state index contributed by atoms with van der Waals surface area (Å²) in [5.41, 5.74) is 1.01. The summed E-state index contributed by atoms with van der Waals surface area (Å²) in [6, 6.07) is 3.07. The number of nitro benzene ring substituents is 1. The van der Waals surface area contributed by atoms with Crippen molar-refractivity contribution in [3.05, 3.63) is 22.2 Å². The summed E-state index contributed by atoms with van der Waals surface area (Å²) in [4.78, 5) is 10.3. The molecule has 1 N–H and O–H groups in total. The molecule has 0 aliphatic carbocycles. The molecule has 1 aromatic carbocycles. The molecule has 1 unspecified atom stereocenters. The largest absolute Gasteiger partial charge is 0.383 e. The van der Waals surface area contributed by atoms with E-state index >= 15 is 0 Å². The first-order chi connectivity index (χ1) is 9.17. The molecule has 1 aromatic heterocycles. The Balaban J connectivity index is 2.37. The normalized spacial score (nSPS) is 12.5. The number of hydrogen-bond donors (Lipinski definition) is 1. The number of nitrogens with zero attached hydrogens (tertiary/aromatic N) is 3. The Morgan fingerprint density at radius 1 is 1.47 bits per heavy atom. The molecule has 8 heteroatoms. The number of fused-ring (bicyclic) bond motifs is 1. The Labute approximate surface area is 108 Å². The van der Waals surface area contributed by atoms with Crippen LogP contribution >= 0.6 is 0 Å². The third-order valence-electron chi connectivity index (χ3n) is 2.81. The molecule has 1 heterocycles. The summed E-state index contributed by atoms with van der Waals surface area (Å²) in [6.07, 6.45) is 0.845. The number of aromatic nitrogens is 2. The van der Waals surface area contributed by atoms with Crippen LogP contribution in [-0.4, -0.2) is 35.0 Å². The SMILES string of the molecule is CCC(COC)Nc1ccc([N+](=O)[O-])c2nonc12.